The van der Waals surface area contributed by atoms with E-state index in [-0.39, 0.29) is 30.0 Å². The Labute approximate surface area is 223 Å². The van der Waals surface area contributed by atoms with Gasteiger partial charge < -0.3 is 14.6 Å². The third-order valence-corrected chi connectivity index (χ3v) is 7.07. The van der Waals surface area contributed by atoms with Crippen LogP contribution >= 0.6 is 0 Å². The third kappa shape index (κ3) is 6.40. The zero-order valence-electron chi connectivity index (χ0n) is 22.6. The molecule has 202 valence electrons. The monoisotopic (exact) mass is 520 g/mol. The number of cyclic esters (lactones) is 1. The van der Waals surface area contributed by atoms with Gasteiger partial charge >= 0.3 is 12.1 Å². The van der Waals surface area contributed by atoms with E-state index >= 15 is 0 Å². The normalized spacial score (nSPS) is 20.1. The van der Waals surface area contributed by atoms with E-state index in [0.717, 1.165) is 49.7 Å². The number of phenolic OH excluding ortho intramolecular Hbond substituents is 1. The maximum atomic E-state index is 13.7. The zero-order valence-corrected chi connectivity index (χ0v) is 22.6. The Hall–Kier alpha value is -3.70. The van der Waals surface area contributed by atoms with Crippen molar-refractivity contribution in [1.82, 2.24) is 0 Å². The first-order valence-electron chi connectivity index (χ1n) is 13.2. The van der Waals surface area contributed by atoms with Crippen molar-refractivity contribution in [2.24, 2.45) is 0 Å². The van der Waals surface area contributed by atoms with E-state index in [1.54, 1.807) is 6.07 Å². The lowest BCUT2D eigenvalue weighted by molar-refractivity contribution is -0.191. The molecule has 38 heavy (non-hydrogen) atoms. The molecule has 1 heterocycles. The van der Waals surface area contributed by atoms with Crippen molar-refractivity contribution in [2.75, 3.05) is 0 Å². The second kappa shape index (κ2) is 12.7. The average Bonchev–Trinajstić information content (AvgIpc) is 2.84. The lowest BCUT2D eigenvalue weighted by Crippen LogP contribution is -2.44. The number of ether oxygens (including phenoxy) is 2. The van der Waals surface area contributed by atoms with Crippen molar-refractivity contribution < 1.29 is 33.8 Å². The summed E-state index contributed by atoms with van der Waals surface area (Å²) in [6.07, 6.45) is 8.80. The van der Waals surface area contributed by atoms with Gasteiger partial charge in [0.25, 0.3) is 5.79 Å². The Kier molecular flexibility index (Phi) is 9.65. The molecule has 1 N–H and O–H groups in total. The van der Waals surface area contributed by atoms with Gasteiger partial charge in [0.15, 0.2) is 0 Å². The predicted molar refractivity (Wildman–Crippen MR) is 141 cm³/mol. The van der Waals surface area contributed by atoms with E-state index in [1.807, 2.05) is 31.2 Å². The van der Waals surface area contributed by atoms with Gasteiger partial charge in [-0.25, -0.2) is 4.79 Å². The molecule has 1 aliphatic heterocycles. The molecule has 2 unspecified atom stereocenters. The van der Waals surface area contributed by atoms with Gasteiger partial charge in [0.05, 0.1) is 6.42 Å². The van der Waals surface area contributed by atoms with E-state index in [1.165, 1.54) is 12.5 Å². The Bertz CT molecular complexity index is 1240. The summed E-state index contributed by atoms with van der Waals surface area (Å²) in [6.45, 7) is 7.66. The van der Waals surface area contributed by atoms with Crippen molar-refractivity contribution in [3.05, 3.63) is 69.8 Å². The number of carbonyl (C=O) groups excluding carboxylic acids is 4. The summed E-state index contributed by atoms with van der Waals surface area (Å²) in [5, 5.41) is 11.3. The van der Waals surface area contributed by atoms with Crippen LogP contribution in [0, 0.1) is 6.92 Å². The van der Waals surface area contributed by atoms with Gasteiger partial charge in [-0.2, -0.15) is 9.59 Å². The fourth-order valence-electron chi connectivity index (χ4n) is 5.31. The minimum atomic E-state index is -1.57. The number of carbonyl (C=O) groups is 2. The molecule has 0 saturated heterocycles. The summed E-state index contributed by atoms with van der Waals surface area (Å²) in [7, 11) is 0. The first-order valence-corrected chi connectivity index (χ1v) is 13.2. The molecule has 2 aromatic carbocycles. The van der Waals surface area contributed by atoms with Crippen molar-refractivity contribution in [3.63, 3.8) is 0 Å². The molecule has 2 aliphatic rings. The van der Waals surface area contributed by atoms with Crippen molar-refractivity contribution in [2.45, 2.75) is 90.8 Å². The summed E-state index contributed by atoms with van der Waals surface area (Å²) in [5.74, 6) is -1.79. The van der Waals surface area contributed by atoms with Gasteiger partial charge in [-0.1, -0.05) is 61.2 Å². The third-order valence-electron chi connectivity index (χ3n) is 7.07. The number of Topliss-reactive ketones (excluding diaryl/α,β-unsaturated/α-hetero) is 1. The fraction of sp³-hybridized carbons (Fsp3) is 0.452. The number of benzene rings is 2. The number of allylic oxidation sites excluding steroid dienone is 2. The second-order valence-corrected chi connectivity index (χ2v) is 10.2. The smallest absolute Gasteiger partial charge is 0.373 e. The predicted octanol–water partition coefficient (Wildman–Crippen LogP) is 6.44. The molecule has 7 nitrogen and oxygen atoms in total. The number of unbranched alkanes of at least 4 members (excludes halogenated alkanes) is 2. The summed E-state index contributed by atoms with van der Waals surface area (Å²) < 4.78 is 12.6. The molecule has 0 fully saturated rings. The van der Waals surface area contributed by atoms with Gasteiger partial charge in [0.2, 0.25) is 0 Å². The highest BCUT2D eigenvalue weighted by molar-refractivity contribution is 5.97. The average molecular weight is 521 g/mol. The molecule has 4 rings (SSSR count). The number of rotatable bonds is 8. The van der Waals surface area contributed by atoms with Crippen LogP contribution in [0.4, 0.5) is 0 Å². The van der Waals surface area contributed by atoms with Gasteiger partial charge in [-0.15, -0.1) is 0 Å². The van der Waals surface area contributed by atoms with Crippen molar-refractivity contribution in [3.8, 4) is 11.5 Å². The first-order chi connectivity index (χ1) is 18.2. The van der Waals surface area contributed by atoms with Gasteiger partial charge in [-0.05, 0) is 64.5 Å². The lowest BCUT2D eigenvalue weighted by Gasteiger charge is -2.40. The number of hydrogen-bond acceptors (Lipinski definition) is 7. The van der Waals surface area contributed by atoms with Crippen LogP contribution in [-0.2, 0) is 31.3 Å². The molecule has 0 spiro atoms. The number of aryl methyl sites for hydroxylation is 2. The minimum absolute atomic E-state index is 0.0684. The second-order valence-electron chi connectivity index (χ2n) is 10.2. The number of esters is 1. The SMILES string of the molecule is CCCCCc1cc(O)c(C2C=C(C)CCC2)c2c1C(=O)OC(CC(C)=O)(c1ccc(C)cc1)O2.O=C=O. The highest BCUT2D eigenvalue weighted by Crippen LogP contribution is 2.50. The van der Waals surface area contributed by atoms with E-state index in [2.05, 4.69) is 19.9 Å². The molecule has 2 atom stereocenters. The van der Waals surface area contributed by atoms with Gasteiger partial charge in [0, 0.05) is 17.0 Å². The molecule has 2 aromatic rings. The van der Waals surface area contributed by atoms with Crippen LogP contribution in [0.5, 0.6) is 11.5 Å². The van der Waals surface area contributed by atoms with E-state index in [9.17, 15) is 14.7 Å². The highest BCUT2D eigenvalue weighted by Gasteiger charge is 2.48. The van der Waals surface area contributed by atoms with Crippen LogP contribution in [0.2, 0.25) is 0 Å². The molecule has 0 bridgehead atoms. The van der Waals surface area contributed by atoms with E-state index < -0.39 is 11.8 Å². The summed E-state index contributed by atoms with van der Waals surface area (Å²) in [6, 6.07) is 9.22. The Morgan fingerprint density at radius 2 is 1.82 bits per heavy atom. The van der Waals surface area contributed by atoms with Crippen LogP contribution in [-0.4, -0.2) is 23.0 Å². The standard InChI is InChI=1S/C30H36O5.CO2/c1-5-6-7-10-23-17-25(32)26(22-11-8-9-20(3)16-22)28-27(23)29(33)35-30(34-28,18-21(4)31)24-14-12-19(2)13-15-24;2-1-3/h12-17,22,32H,5-11,18H2,1-4H3;. The Morgan fingerprint density at radius 1 is 1.13 bits per heavy atom. The lowest BCUT2D eigenvalue weighted by atomic mass is 9.82. The molecule has 0 radical (unpaired) electrons. The van der Waals surface area contributed by atoms with Crippen molar-refractivity contribution >= 4 is 17.9 Å². The summed E-state index contributed by atoms with van der Waals surface area (Å²) in [4.78, 5) is 42.3. The van der Waals surface area contributed by atoms with Gasteiger partial charge in [-0.3, -0.25) is 4.79 Å². The maximum Gasteiger partial charge on any atom is 0.373 e. The molecular weight excluding hydrogens is 484 g/mol. The van der Waals surface area contributed by atoms with Crippen LogP contribution in [0.1, 0.15) is 104 Å². The van der Waals surface area contributed by atoms with Crippen LogP contribution in [0.15, 0.2) is 42.0 Å². The van der Waals surface area contributed by atoms with Crippen LogP contribution in [0.3, 0.4) is 0 Å². The topological polar surface area (TPSA) is 107 Å². The number of hydrogen-bond donors (Lipinski definition) is 1. The molecule has 7 heteroatoms. The fourth-order valence-corrected chi connectivity index (χ4v) is 5.31. The van der Waals surface area contributed by atoms with Gasteiger partial charge in [0.1, 0.15) is 22.8 Å². The number of phenols is 1. The zero-order chi connectivity index (χ0) is 27.9. The summed E-state index contributed by atoms with van der Waals surface area (Å²) >= 11 is 0. The summed E-state index contributed by atoms with van der Waals surface area (Å²) in [5.41, 5.74) is 4.65. The molecule has 0 amide bonds. The first kappa shape index (κ1) is 28.9. The number of fused-ring (bicyclic) bond motifs is 1. The van der Waals surface area contributed by atoms with E-state index in [0.29, 0.717) is 28.9 Å². The molecule has 0 aromatic heterocycles. The minimum Gasteiger partial charge on any atom is -0.507 e. The Balaban J connectivity index is 0.00000127. The quantitative estimate of drug-likeness (QED) is 0.242. The Morgan fingerprint density at radius 3 is 2.42 bits per heavy atom. The molecule has 0 saturated carbocycles. The van der Waals surface area contributed by atoms with E-state index in [4.69, 9.17) is 19.1 Å². The van der Waals surface area contributed by atoms with Crippen molar-refractivity contribution in [1.29, 1.82) is 0 Å². The highest BCUT2D eigenvalue weighted by atomic mass is 16.7. The number of aromatic hydroxyl groups is 1. The van der Waals surface area contributed by atoms with Crippen LogP contribution in [0.25, 0.3) is 0 Å². The largest absolute Gasteiger partial charge is 0.507 e. The van der Waals surface area contributed by atoms with Crippen LogP contribution < -0.4 is 4.74 Å². The molecular formula is C31H36O7. The maximum absolute atomic E-state index is 13.7. The molecule has 1 aliphatic carbocycles. The number of ketones is 1.